The molecular formula is C20H17N. The monoisotopic (exact) mass is 271 g/mol. The third-order valence-corrected chi connectivity index (χ3v) is 4.44. The molecule has 1 nitrogen and oxygen atoms in total. The maximum absolute atomic E-state index is 6.55. The molecule has 21 heavy (non-hydrogen) atoms. The molecule has 1 unspecified atom stereocenters. The van der Waals surface area contributed by atoms with Crippen molar-refractivity contribution in [2.24, 2.45) is 5.73 Å². The van der Waals surface area contributed by atoms with Crippen LogP contribution in [0.4, 0.5) is 0 Å². The molecule has 1 heteroatoms. The number of nitrogens with two attached hydrogens (primary N) is 1. The Bertz CT molecular complexity index is 833. The van der Waals surface area contributed by atoms with Gasteiger partial charge in [0.25, 0.3) is 0 Å². The van der Waals surface area contributed by atoms with Gasteiger partial charge in [-0.25, -0.2) is 0 Å². The fourth-order valence-corrected chi connectivity index (χ4v) is 3.41. The summed E-state index contributed by atoms with van der Waals surface area (Å²) in [6.45, 7) is 2.16. The minimum Gasteiger partial charge on any atom is -0.320 e. The molecule has 0 bridgehead atoms. The van der Waals surface area contributed by atoms with Crippen LogP contribution in [0.1, 0.15) is 22.7 Å². The van der Waals surface area contributed by atoms with Crippen molar-refractivity contribution in [3.05, 3.63) is 83.4 Å². The van der Waals surface area contributed by atoms with Crippen LogP contribution >= 0.6 is 0 Å². The van der Waals surface area contributed by atoms with Gasteiger partial charge in [0.15, 0.2) is 0 Å². The predicted molar refractivity (Wildman–Crippen MR) is 88.1 cm³/mol. The van der Waals surface area contributed by atoms with Crippen molar-refractivity contribution in [2.75, 3.05) is 0 Å². The summed E-state index contributed by atoms with van der Waals surface area (Å²) >= 11 is 0. The lowest BCUT2D eigenvalue weighted by atomic mass is 9.92. The van der Waals surface area contributed by atoms with Crippen molar-refractivity contribution < 1.29 is 0 Å². The molecule has 0 saturated carbocycles. The highest BCUT2D eigenvalue weighted by Crippen LogP contribution is 2.46. The van der Waals surface area contributed by atoms with Crippen molar-refractivity contribution in [1.29, 1.82) is 0 Å². The van der Waals surface area contributed by atoms with E-state index < -0.39 is 0 Å². The topological polar surface area (TPSA) is 26.0 Å². The van der Waals surface area contributed by atoms with Gasteiger partial charge in [-0.15, -0.1) is 0 Å². The molecule has 1 atom stereocenters. The third kappa shape index (κ3) is 1.75. The van der Waals surface area contributed by atoms with Crippen LogP contribution < -0.4 is 5.73 Å². The lowest BCUT2D eigenvalue weighted by Crippen LogP contribution is -2.09. The fraction of sp³-hybridized carbons (Fsp3) is 0.100. The van der Waals surface area contributed by atoms with Gasteiger partial charge in [-0.1, -0.05) is 66.7 Å². The summed E-state index contributed by atoms with van der Waals surface area (Å²) in [4.78, 5) is 0. The molecule has 0 aromatic heterocycles. The number of hydrogen-bond donors (Lipinski definition) is 1. The van der Waals surface area contributed by atoms with E-state index in [0.29, 0.717) is 0 Å². The standard InChI is InChI=1S/C20H17N/c1-13-7-2-3-8-14(13)16-11-6-12-17-15-9-4-5-10-18(15)20(21)19(16)17/h2-12,20H,21H2,1H3. The maximum Gasteiger partial charge on any atom is 0.0570 e. The van der Waals surface area contributed by atoms with Gasteiger partial charge >= 0.3 is 0 Å². The molecule has 3 aromatic carbocycles. The zero-order valence-corrected chi connectivity index (χ0v) is 12.0. The van der Waals surface area contributed by atoms with Crippen molar-refractivity contribution >= 4 is 0 Å². The van der Waals surface area contributed by atoms with Crippen LogP contribution in [-0.4, -0.2) is 0 Å². The number of hydrogen-bond acceptors (Lipinski definition) is 1. The Balaban J connectivity index is 2.01. The lowest BCUT2D eigenvalue weighted by molar-refractivity contribution is 0.903. The second-order valence-electron chi connectivity index (χ2n) is 5.65. The van der Waals surface area contributed by atoms with E-state index in [1.54, 1.807) is 0 Å². The first-order chi connectivity index (χ1) is 10.3. The zero-order chi connectivity index (χ0) is 14.4. The highest BCUT2D eigenvalue weighted by atomic mass is 14.7. The fourth-order valence-electron chi connectivity index (χ4n) is 3.41. The Kier molecular flexibility index (Phi) is 2.69. The van der Waals surface area contributed by atoms with E-state index in [1.165, 1.54) is 38.9 Å². The number of aryl methyl sites for hydroxylation is 1. The van der Waals surface area contributed by atoms with Crippen molar-refractivity contribution in [3.63, 3.8) is 0 Å². The first kappa shape index (κ1) is 12.4. The molecule has 0 amide bonds. The normalized spacial score (nSPS) is 15.6. The van der Waals surface area contributed by atoms with Gasteiger partial charge in [0, 0.05) is 0 Å². The molecule has 1 aliphatic rings. The average molecular weight is 271 g/mol. The van der Waals surface area contributed by atoms with Gasteiger partial charge in [0.05, 0.1) is 6.04 Å². The number of rotatable bonds is 1. The molecule has 1 aliphatic carbocycles. The first-order valence-corrected chi connectivity index (χ1v) is 7.31. The molecule has 4 rings (SSSR count). The molecule has 102 valence electrons. The van der Waals surface area contributed by atoms with Gasteiger partial charge < -0.3 is 5.73 Å². The summed E-state index contributed by atoms with van der Waals surface area (Å²) in [7, 11) is 0. The van der Waals surface area contributed by atoms with Crippen LogP contribution in [0, 0.1) is 6.92 Å². The van der Waals surface area contributed by atoms with Gasteiger partial charge in [-0.2, -0.15) is 0 Å². The summed E-state index contributed by atoms with van der Waals surface area (Å²) in [5, 5.41) is 0. The van der Waals surface area contributed by atoms with Gasteiger partial charge in [0.1, 0.15) is 0 Å². The van der Waals surface area contributed by atoms with Crippen LogP contribution in [0.15, 0.2) is 66.7 Å². The molecule has 0 heterocycles. The minimum absolute atomic E-state index is 0.0352. The SMILES string of the molecule is Cc1ccccc1-c1cccc2c1C(N)c1ccccc1-2. The van der Waals surface area contributed by atoms with E-state index >= 15 is 0 Å². The van der Waals surface area contributed by atoms with Crippen LogP contribution in [-0.2, 0) is 0 Å². The van der Waals surface area contributed by atoms with E-state index in [9.17, 15) is 0 Å². The highest BCUT2D eigenvalue weighted by Gasteiger charge is 2.28. The van der Waals surface area contributed by atoms with E-state index in [4.69, 9.17) is 5.73 Å². The highest BCUT2D eigenvalue weighted by molar-refractivity contribution is 5.86. The van der Waals surface area contributed by atoms with Crippen LogP contribution in [0.2, 0.25) is 0 Å². The van der Waals surface area contributed by atoms with Gasteiger partial charge in [0.2, 0.25) is 0 Å². The van der Waals surface area contributed by atoms with E-state index in [0.717, 1.165) is 0 Å². The van der Waals surface area contributed by atoms with E-state index in [-0.39, 0.29) is 6.04 Å². The quantitative estimate of drug-likeness (QED) is 0.682. The molecule has 3 aromatic rings. The van der Waals surface area contributed by atoms with Gasteiger partial charge in [-0.05, 0) is 45.9 Å². The smallest absolute Gasteiger partial charge is 0.0570 e. The van der Waals surface area contributed by atoms with Crippen LogP contribution in [0.25, 0.3) is 22.3 Å². The minimum atomic E-state index is -0.0352. The molecule has 0 saturated heterocycles. The molecule has 0 aliphatic heterocycles. The molecular weight excluding hydrogens is 254 g/mol. The van der Waals surface area contributed by atoms with Gasteiger partial charge in [-0.3, -0.25) is 0 Å². The predicted octanol–water partition coefficient (Wildman–Crippen LogP) is 4.69. The summed E-state index contributed by atoms with van der Waals surface area (Å²) in [6, 6.07) is 23.4. The average Bonchev–Trinajstić information content (AvgIpc) is 2.82. The molecule has 0 fully saturated rings. The Morgan fingerprint density at radius 1 is 0.667 bits per heavy atom. The number of fused-ring (bicyclic) bond motifs is 3. The number of benzene rings is 3. The van der Waals surface area contributed by atoms with Crippen molar-refractivity contribution in [3.8, 4) is 22.3 Å². The second kappa shape index (κ2) is 4.57. The summed E-state index contributed by atoms with van der Waals surface area (Å²) in [6.07, 6.45) is 0. The first-order valence-electron chi connectivity index (χ1n) is 7.31. The summed E-state index contributed by atoms with van der Waals surface area (Å²) in [5.74, 6) is 0. The Labute approximate surface area is 125 Å². The zero-order valence-electron chi connectivity index (χ0n) is 12.0. The summed E-state index contributed by atoms with van der Waals surface area (Å²) in [5.41, 5.74) is 15.4. The Hall–Kier alpha value is -2.38. The van der Waals surface area contributed by atoms with Crippen LogP contribution in [0.5, 0.6) is 0 Å². The largest absolute Gasteiger partial charge is 0.320 e. The second-order valence-corrected chi connectivity index (χ2v) is 5.65. The van der Waals surface area contributed by atoms with E-state index in [1.807, 2.05) is 0 Å². The Morgan fingerprint density at radius 2 is 1.24 bits per heavy atom. The molecule has 0 spiro atoms. The molecule has 0 radical (unpaired) electrons. The maximum atomic E-state index is 6.55. The van der Waals surface area contributed by atoms with Crippen molar-refractivity contribution in [2.45, 2.75) is 13.0 Å². The van der Waals surface area contributed by atoms with Crippen LogP contribution in [0.3, 0.4) is 0 Å². The lowest BCUT2D eigenvalue weighted by Gasteiger charge is -2.15. The Morgan fingerprint density at radius 3 is 2.00 bits per heavy atom. The molecule has 2 N–H and O–H groups in total. The van der Waals surface area contributed by atoms with E-state index in [2.05, 4.69) is 73.7 Å². The van der Waals surface area contributed by atoms with Crippen molar-refractivity contribution in [1.82, 2.24) is 0 Å². The summed E-state index contributed by atoms with van der Waals surface area (Å²) < 4.78 is 0. The third-order valence-electron chi connectivity index (χ3n) is 4.44.